The van der Waals surface area contributed by atoms with Crippen molar-refractivity contribution in [1.82, 2.24) is 14.3 Å². The number of hydrogen-bond acceptors (Lipinski definition) is 4. The highest BCUT2D eigenvalue weighted by molar-refractivity contribution is 6.31. The molecule has 0 aliphatic heterocycles. The zero-order valence-electron chi connectivity index (χ0n) is 20.1. The molecule has 0 atom stereocenters. The van der Waals surface area contributed by atoms with Gasteiger partial charge in [-0.2, -0.15) is 5.10 Å². The number of amides is 1. The Kier molecular flexibility index (Phi) is 6.38. The van der Waals surface area contributed by atoms with Gasteiger partial charge in [0.2, 0.25) is 0 Å². The van der Waals surface area contributed by atoms with E-state index in [1.807, 2.05) is 51.1 Å². The van der Waals surface area contributed by atoms with Gasteiger partial charge in [0.1, 0.15) is 5.69 Å². The summed E-state index contributed by atoms with van der Waals surface area (Å²) in [5.41, 5.74) is 7.16. The average molecular weight is 491 g/mol. The molecule has 2 heterocycles. The van der Waals surface area contributed by atoms with Crippen LogP contribution < -0.4 is 11.3 Å². The molecule has 2 aromatic heterocycles. The normalized spacial score (nSPS) is 11.7. The van der Waals surface area contributed by atoms with Crippen molar-refractivity contribution in [1.29, 1.82) is 0 Å². The summed E-state index contributed by atoms with van der Waals surface area (Å²) in [6, 6.07) is 16.1. The Balaban J connectivity index is 2.07. The van der Waals surface area contributed by atoms with Gasteiger partial charge in [0.15, 0.2) is 5.78 Å². The third kappa shape index (κ3) is 4.51. The minimum Gasteiger partial charge on any atom is -0.364 e. The van der Waals surface area contributed by atoms with Gasteiger partial charge in [-0.15, -0.1) is 0 Å². The Morgan fingerprint density at radius 3 is 2.29 bits per heavy atom. The third-order valence-corrected chi connectivity index (χ3v) is 6.08. The van der Waals surface area contributed by atoms with Crippen molar-refractivity contribution >= 4 is 34.1 Å². The highest BCUT2D eigenvalue weighted by Gasteiger charge is 2.26. The summed E-state index contributed by atoms with van der Waals surface area (Å²) in [4.78, 5) is 39.2. The van der Waals surface area contributed by atoms with E-state index < -0.39 is 11.4 Å². The molecule has 35 heavy (non-hydrogen) atoms. The highest BCUT2D eigenvalue weighted by atomic mass is 35.5. The fourth-order valence-electron chi connectivity index (χ4n) is 4.28. The molecule has 2 aromatic carbocycles. The monoisotopic (exact) mass is 490 g/mol. The van der Waals surface area contributed by atoms with Gasteiger partial charge in [0, 0.05) is 22.4 Å². The number of ketones is 1. The molecule has 8 heteroatoms. The average Bonchev–Trinajstić information content (AvgIpc) is 3.25. The predicted octanol–water partition coefficient (Wildman–Crippen LogP) is 5.01. The second-order valence-electron chi connectivity index (χ2n) is 9.42. The molecular weight excluding hydrogens is 464 g/mol. The summed E-state index contributed by atoms with van der Waals surface area (Å²) in [5, 5.41) is 6.10. The van der Waals surface area contributed by atoms with E-state index in [1.54, 1.807) is 35.9 Å². The Morgan fingerprint density at radius 1 is 1.03 bits per heavy atom. The van der Waals surface area contributed by atoms with E-state index in [2.05, 4.69) is 5.10 Å². The topological polar surface area (TPSA) is 100.0 Å². The molecule has 0 radical (unpaired) electrons. The fraction of sp³-hybridized carbons (Fsp3) is 0.259. The van der Waals surface area contributed by atoms with Gasteiger partial charge in [-0.05, 0) is 56.0 Å². The predicted molar refractivity (Wildman–Crippen MR) is 138 cm³/mol. The second-order valence-corrected chi connectivity index (χ2v) is 9.85. The number of benzene rings is 2. The first-order chi connectivity index (χ1) is 16.5. The van der Waals surface area contributed by atoms with E-state index in [1.165, 1.54) is 4.57 Å². The number of carbonyl (C=O) groups is 2. The number of nitrogens with zero attached hydrogens (tertiary/aromatic N) is 3. The first-order valence-electron chi connectivity index (χ1n) is 11.4. The molecule has 0 spiro atoms. The molecule has 0 unspecified atom stereocenters. The van der Waals surface area contributed by atoms with Crippen LogP contribution in [0.4, 0.5) is 0 Å². The summed E-state index contributed by atoms with van der Waals surface area (Å²) in [6.45, 7) is 7.47. The van der Waals surface area contributed by atoms with Crippen LogP contribution in [0.15, 0.2) is 59.4 Å². The van der Waals surface area contributed by atoms with Crippen LogP contribution in [0, 0.1) is 0 Å². The quantitative estimate of drug-likeness (QED) is 0.384. The minimum atomic E-state index is -0.617. The lowest BCUT2D eigenvalue weighted by atomic mass is 9.94. The van der Waals surface area contributed by atoms with Crippen LogP contribution in [0.25, 0.3) is 21.9 Å². The molecular formula is C27H27ClN4O3. The van der Waals surface area contributed by atoms with Gasteiger partial charge >= 0.3 is 0 Å². The van der Waals surface area contributed by atoms with E-state index in [0.717, 1.165) is 5.56 Å². The molecule has 0 bridgehead atoms. The minimum absolute atomic E-state index is 0.00165. The van der Waals surface area contributed by atoms with Crippen molar-refractivity contribution in [3.63, 3.8) is 0 Å². The number of carbonyl (C=O) groups excluding carboxylic acids is 2. The maximum atomic E-state index is 13.7. The largest absolute Gasteiger partial charge is 0.364 e. The smallest absolute Gasteiger partial charge is 0.267 e. The molecule has 4 aromatic rings. The number of rotatable bonds is 6. The van der Waals surface area contributed by atoms with Gasteiger partial charge in [0.25, 0.3) is 11.5 Å². The molecule has 0 saturated heterocycles. The molecule has 1 amide bonds. The fourth-order valence-corrected chi connectivity index (χ4v) is 4.45. The lowest BCUT2D eigenvalue weighted by Gasteiger charge is -2.21. The van der Waals surface area contributed by atoms with E-state index in [0.29, 0.717) is 27.1 Å². The molecule has 0 aliphatic rings. The molecule has 0 saturated carbocycles. The lowest BCUT2D eigenvalue weighted by molar-refractivity contribution is 0.0973. The van der Waals surface area contributed by atoms with Crippen LogP contribution in [0.5, 0.6) is 0 Å². The first kappa shape index (κ1) is 24.4. The summed E-state index contributed by atoms with van der Waals surface area (Å²) < 4.78 is 3.00. The number of primary amides is 1. The van der Waals surface area contributed by atoms with Gasteiger partial charge in [0.05, 0.1) is 23.5 Å². The summed E-state index contributed by atoms with van der Waals surface area (Å²) in [6.07, 6.45) is 0.203. The maximum Gasteiger partial charge on any atom is 0.267 e. The van der Waals surface area contributed by atoms with E-state index in [9.17, 15) is 14.4 Å². The zero-order valence-corrected chi connectivity index (χ0v) is 20.9. The number of pyridine rings is 1. The summed E-state index contributed by atoms with van der Waals surface area (Å²) in [7, 11) is 0. The molecule has 2 N–H and O–H groups in total. The Morgan fingerprint density at radius 2 is 1.71 bits per heavy atom. The number of fused-ring (bicyclic) bond motifs is 1. The van der Waals surface area contributed by atoms with Crippen molar-refractivity contribution in [2.24, 2.45) is 5.73 Å². The Labute approximate surface area is 208 Å². The van der Waals surface area contributed by atoms with Crippen molar-refractivity contribution in [2.45, 2.75) is 46.2 Å². The van der Waals surface area contributed by atoms with Crippen molar-refractivity contribution in [3.8, 4) is 11.1 Å². The van der Waals surface area contributed by atoms with Gasteiger partial charge in [-0.3, -0.25) is 23.6 Å². The number of Topliss-reactive ketones (excluding diaryl/α,β-unsaturated/α-hetero) is 1. The van der Waals surface area contributed by atoms with Crippen molar-refractivity contribution in [2.75, 3.05) is 0 Å². The SMILES string of the molecule is CCC(=O)c1c(-c2ccccc2)c2cc(Cl)ccc2c(=O)n1Cc1cc(C(N)=O)n(C(C)(C)C)n1. The third-order valence-electron chi connectivity index (χ3n) is 5.85. The van der Waals surface area contributed by atoms with Crippen LogP contribution in [0.2, 0.25) is 5.02 Å². The van der Waals surface area contributed by atoms with Gasteiger partial charge in [-0.25, -0.2) is 0 Å². The van der Waals surface area contributed by atoms with Crippen LogP contribution in [0.1, 0.15) is 60.8 Å². The molecule has 180 valence electrons. The van der Waals surface area contributed by atoms with Gasteiger partial charge < -0.3 is 5.73 Å². The van der Waals surface area contributed by atoms with Crippen molar-refractivity contribution in [3.05, 3.63) is 87.1 Å². The molecule has 0 aliphatic carbocycles. The maximum absolute atomic E-state index is 13.7. The van der Waals surface area contributed by atoms with E-state index in [-0.39, 0.29) is 35.7 Å². The van der Waals surface area contributed by atoms with Crippen LogP contribution in [-0.2, 0) is 12.1 Å². The Bertz CT molecular complexity index is 1510. The lowest BCUT2D eigenvalue weighted by Crippen LogP contribution is -2.30. The van der Waals surface area contributed by atoms with Crippen LogP contribution in [-0.4, -0.2) is 26.0 Å². The van der Waals surface area contributed by atoms with Gasteiger partial charge in [-0.1, -0.05) is 48.9 Å². The van der Waals surface area contributed by atoms with E-state index in [4.69, 9.17) is 17.3 Å². The van der Waals surface area contributed by atoms with E-state index >= 15 is 0 Å². The van der Waals surface area contributed by atoms with Crippen molar-refractivity contribution < 1.29 is 9.59 Å². The standard InChI is InChI=1S/C27H27ClN4O3/c1-5-22(33)24-23(16-9-7-6-8-10-16)20-13-17(28)11-12-19(20)26(35)31(24)15-18-14-21(25(29)34)32(30-18)27(2,3)4/h6-14H,5,15H2,1-4H3,(H2,29,34). The van der Waals surface area contributed by atoms with Crippen LogP contribution >= 0.6 is 11.6 Å². The molecule has 0 fully saturated rings. The number of hydrogen-bond donors (Lipinski definition) is 1. The zero-order chi connectivity index (χ0) is 25.5. The molecule has 7 nitrogen and oxygen atoms in total. The number of nitrogens with two attached hydrogens (primary N) is 1. The first-order valence-corrected chi connectivity index (χ1v) is 11.7. The Hall–Kier alpha value is -3.71. The second kappa shape index (κ2) is 9.15. The highest BCUT2D eigenvalue weighted by Crippen LogP contribution is 2.33. The molecule has 4 rings (SSSR count). The van der Waals surface area contributed by atoms with Crippen LogP contribution in [0.3, 0.4) is 0 Å². The number of aromatic nitrogens is 3. The number of halogens is 1. The summed E-state index contributed by atoms with van der Waals surface area (Å²) in [5.74, 6) is -0.804. The summed E-state index contributed by atoms with van der Waals surface area (Å²) >= 11 is 6.31.